The number of rotatable bonds is 2. The zero-order chi connectivity index (χ0) is 5.86. The summed E-state index contributed by atoms with van der Waals surface area (Å²) < 4.78 is 4.64. The van der Waals surface area contributed by atoms with Crippen LogP contribution in [0.1, 0.15) is 0 Å². The topological polar surface area (TPSA) is 49.7 Å². The van der Waals surface area contributed by atoms with Crippen LogP contribution in [0, 0.1) is 0 Å². The van der Waals surface area contributed by atoms with E-state index in [1.807, 2.05) is 9.88 Å². The average Bonchev–Trinajstić information content (AvgIpc) is 1.27. The Labute approximate surface area is 51.6 Å². The van der Waals surface area contributed by atoms with Gasteiger partial charge >= 0.3 is 51.3 Å². The first-order valence-electron chi connectivity index (χ1n) is 1.97. The first-order valence-corrected chi connectivity index (χ1v) is 11.1. The molecule has 0 atom stereocenters. The molecule has 0 saturated heterocycles. The molecule has 0 unspecified atom stereocenters. The molecule has 0 aromatic rings. The number of hydrogen-bond donors (Lipinski definition) is 2. The van der Waals surface area contributed by atoms with Gasteiger partial charge in [-0.1, -0.05) is 0 Å². The van der Waals surface area contributed by atoms with Gasteiger partial charge in [-0.05, 0) is 0 Å². The molecule has 0 aromatic heterocycles. The molecule has 0 radical (unpaired) electrons. The minimum atomic E-state index is -2.05. The van der Waals surface area contributed by atoms with Gasteiger partial charge in [-0.2, -0.15) is 0 Å². The maximum absolute atomic E-state index is 8.17. The van der Waals surface area contributed by atoms with Gasteiger partial charge in [0.05, 0.1) is 0 Å². The normalized spacial score (nSPS) is 11.1. The van der Waals surface area contributed by atoms with Crippen LogP contribution in [0.15, 0.2) is 0 Å². The molecule has 0 aliphatic heterocycles. The fraction of sp³-hybridized carbons (Fsp3) is 1.00. The van der Waals surface area contributed by atoms with E-state index >= 15 is 0 Å². The molecule has 0 saturated carbocycles. The Morgan fingerprint density at radius 3 is 1.86 bits per heavy atom. The molecule has 0 amide bonds. The van der Waals surface area contributed by atoms with Gasteiger partial charge in [0.25, 0.3) is 0 Å². The molecule has 7 heavy (non-hydrogen) atoms. The van der Waals surface area contributed by atoms with Crippen molar-refractivity contribution in [3.8, 4) is 0 Å². The molecule has 0 bridgehead atoms. The molecule has 0 spiro atoms. The second-order valence-corrected chi connectivity index (χ2v) is 9.91. The van der Waals surface area contributed by atoms with Gasteiger partial charge in [-0.15, -0.1) is 0 Å². The van der Waals surface area contributed by atoms with Crippen molar-refractivity contribution in [2.75, 3.05) is 0 Å². The fourth-order valence-electron chi connectivity index (χ4n) is 0.189. The standard InChI is InChI=1S/2CH3.H2O3P.Sn.H/c;;1-4(2)3;;/h2*1H3;1-2H;;/q;;-1;+1;. The molecule has 0 heterocycles. The van der Waals surface area contributed by atoms with Gasteiger partial charge in [-0.25, -0.2) is 0 Å². The molecular weight excluding hydrogens is 222 g/mol. The molecule has 2 N–H and O–H groups in total. The molecule has 44 valence electrons. The van der Waals surface area contributed by atoms with E-state index in [-0.39, 0.29) is 0 Å². The van der Waals surface area contributed by atoms with Crippen molar-refractivity contribution in [2.45, 2.75) is 9.88 Å². The Kier molecular flexibility index (Phi) is 4.67. The fourth-order valence-corrected chi connectivity index (χ4v) is 3.79. The first-order chi connectivity index (χ1) is 3.13. The zero-order valence-corrected chi connectivity index (χ0v) is 8.52. The zero-order valence-electron chi connectivity index (χ0n) is 4.33. The summed E-state index contributed by atoms with van der Waals surface area (Å²) in [5.74, 6) is 0. The quantitative estimate of drug-likeness (QED) is 0.527. The van der Waals surface area contributed by atoms with Crippen molar-refractivity contribution in [1.29, 1.82) is 0 Å². The summed E-state index contributed by atoms with van der Waals surface area (Å²) >= 11 is -1.76. The predicted octanol–water partition coefficient (Wildman–Crippen LogP) is 0.198. The maximum atomic E-state index is 8.17. The van der Waals surface area contributed by atoms with Gasteiger partial charge < -0.3 is 0 Å². The van der Waals surface area contributed by atoms with E-state index in [0.29, 0.717) is 0 Å². The average molecular weight is 231 g/mol. The van der Waals surface area contributed by atoms with Gasteiger partial charge in [0, 0.05) is 0 Å². The molecule has 0 fully saturated rings. The second kappa shape index (κ2) is 4.03. The van der Waals surface area contributed by atoms with Crippen LogP contribution in [-0.2, 0) is 2.86 Å². The third-order valence-electron chi connectivity index (χ3n) is 0.305. The Hall–Kier alpha value is 1.11. The molecular formula is C2H9O3PSn. The Morgan fingerprint density at radius 1 is 1.43 bits per heavy atom. The van der Waals surface area contributed by atoms with Gasteiger partial charge in [0.1, 0.15) is 0 Å². The van der Waals surface area contributed by atoms with Crippen LogP contribution in [0.5, 0.6) is 0 Å². The Bertz CT molecular complexity index is 42.2. The van der Waals surface area contributed by atoms with E-state index in [0.717, 1.165) is 0 Å². The van der Waals surface area contributed by atoms with Crippen LogP contribution in [0.2, 0.25) is 9.88 Å². The van der Waals surface area contributed by atoms with E-state index < -0.39 is 28.8 Å². The van der Waals surface area contributed by atoms with Crippen LogP contribution in [-0.4, -0.2) is 30.0 Å². The van der Waals surface area contributed by atoms with Crippen molar-refractivity contribution in [3.05, 3.63) is 0 Å². The van der Waals surface area contributed by atoms with Crippen LogP contribution in [0.25, 0.3) is 0 Å². The number of hydrogen-bond acceptors (Lipinski definition) is 3. The summed E-state index contributed by atoms with van der Waals surface area (Å²) in [5, 5.41) is 0. The summed E-state index contributed by atoms with van der Waals surface area (Å²) in [6.07, 6.45) is 0. The van der Waals surface area contributed by atoms with Crippen LogP contribution in [0.4, 0.5) is 0 Å². The van der Waals surface area contributed by atoms with Gasteiger partial charge in [0.15, 0.2) is 0 Å². The van der Waals surface area contributed by atoms with Crippen molar-refractivity contribution in [2.24, 2.45) is 0 Å². The van der Waals surface area contributed by atoms with Crippen LogP contribution in [0.3, 0.4) is 0 Å². The predicted molar refractivity (Wildman–Crippen MR) is 31.3 cm³/mol. The summed E-state index contributed by atoms with van der Waals surface area (Å²) in [4.78, 5) is 20.2. The molecule has 0 aromatic carbocycles. The summed E-state index contributed by atoms with van der Waals surface area (Å²) in [7, 11) is -2.05. The summed E-state index contributed by atoms with van der Waals surface area (Å²) in [5.41, 5.74) is 0. The van der Waals surface area contributed by atoms with Crippen molar-refractivity contribution in [3.63, 3.8) is 0 Å². The monoisotopic (exact) mass is 232 g/mol. The Morgan fingerprint density at radius 2 is 1.86 bits per heavy atom. The third-order valence-corrected chi connectivity index (χ3v) is 6.14. The van der Waals surface area contributed by atoms with Gasteiger partial charge in [-0.3, -0.25) is 0 Å². The first kappa shape index (κ1) is 8.11. The van der Waals surface area contributed by atoms with E-state index in [1.54, 1.807) is 0 Å². The molecule has 0 aliphatic carbocycles. The van der Waals surface area contributed by atoms with Crippen molar-refractivity contribution >= 4 is 28.8 Å². The SMILES string of the molecule is [CH3][SnH]([CH3])[O]P(O)O. The minimum absolute atomic E-state index is 1.76. The van der Waals surface area contributed by atoms with Crippen LogP contribution >= 0.6 is 8.60 Å². The van der Waals surface area contributed by atoms with Crippen molar-refractivity contribution in [1.82, 2.24) is 0 Å². The summed E-state index contributed by atoms with van der Waals surface area (Å²) in [6, 6.07) is 0. The molecule has 0 aliphatic rings. The summed E-state index contributed by atoms with van der Waals surface area (Å²) in [6.45, 7) is 0. The van der Waals surface area contributed by atoms with Crippen molar-refractivity contribution < 1.29 is 12.6 Å². The second-order valence-electron chi connectivity index (χ2n) is 1.41. The molecule has 0 rings (SSSR count). The molecule has 3 nitrogen and oxygen atoms in total. The van der Waals surface area contributed by atoms with E-state index in [4.69, 9.17) is 9.79 Å². The van der Waals surface area contributed by atoms with E-state index in [2.05, 4.69) is 2.86 Å². The van der Waals surface area contributed by atoms with Crippen LogP contribution < -0.4 is 0 Å². The third kappa shape index (κ3) is 7.11. The van der Waals surface area contributed by atoms with E-state index in [9.17, 15) is 0 Å². The Balaban J connectivity index is 2.95. The van der Waals surface area contributed by atoms with Gasteiger partial charge in [0.2, 0.25) is 0 Å². The molecule has 5 heteroatoms. The van der Waals surface area contributed by atoms with E-state index in [1.165, 1.54) is 0 Å².